The smallest absolute Gasteiger partial charge is 0.234 e. The minimum absolute atomic E-state index is 0.221. The minimum Gasteiger partial charge on any atom is -0.493 e. The zero-order valence-corrected chi connectivity index (χ0v) is 12.2. The van der Waals surface area contributed by atoms with Crippen molar-refractivity contribution in [1.82, 2.24) is 5.32 Å². The molecule has 106 valence electrons. The SMILES string of the molecule is Cc1ccc(OCCC(NC(C)C)C(N)=O)c(C)c1. The highest BCUT2D eigenvalue weighted by Gasteiger charge is 2.16. The Hall–Kier alpha value is -1.55. The minimum atomic E-state index is -0.342. The van der Waals surface area contributed by atoms with Gasteiger partial charge in [0.25, 0.3) is 0 Å². The number of rotatable bonds is 7. The van der Waals surface area contributed by atoms with Gasteiger partial charge in [0.15, 0.2) is 0 Å². The van der Waals surface area contributed by atoms with Crippen molar-refractivity contribution in [3.05, 3.63) is 29.3 Å². The first kappa shape index (κ1) is 15.5. The predicted molar refractivity (Wildman–Crippen MR) is 77.3 cm³/mol. The van der Waals surface area contributed by atoms with Gasteiger partial charge >= 0.3 is 0 Å². The van der Waals surface area contributed by atoms with Gasteiger partial charge in [0.1, 0.15) is 5.75 Å². The van der Waals surface area contributed by atoms with E-state index in [1.807, 2.05) is 39.8 Å². The maximum Gasteiger partial charge on any atom is 0.234 e. The second-order valence-electron chi connectivity index (χ2n) is 5.18. The molecule has 1 amide bonds. The molecule has 19 heavy (non-hydrogen) atoms. The number of carbonyl (C=O) groups is 1. The Morgan fingerprint density at radius 3 is 2.58 bits per heavy atom. The molecule has 0 radical (unpaired) electrons. The van der Waals surface area contributed by atoms with Crippen LogP contribution >= 0.6 is 0 Å². The van der Waals surface area contributed by atoms with Gasteiger partial charge in [0, 0.05) is 12.5 Å². The van der Waals surface area contributed by atoms with E-state index in [-0.39, 0.29) is 18.0 Å². The summed E-state index contributed by atoms with van der Waals surface area (Å²) < 4.78 is 5.71. The van der Waals surface area contributed by atoms with Crippen LogP contribution in [0.3, 0.4) is 0 Å². The van der Waals surface area contributed by atoms with E-state index >= 15 is 0 Å². The molecule has 0 heterocycles. The van der Waals surface area contributed by atoms with Crippen LogP contribution < -0.4 is 15.8 Å². The van der Waals surface area contributed by atoms with E-state index in [9.17, 15) is 4.79 Å². The standard InChI is InChI=1S/C15H24N2O2/c1-10(2)17-13(15(16)18)7-8-19-14-6-5-11(3)9-12(14)4/h5-6,9-10,13,17H,7-8H2,1-4H3,(H2,16,18). The third-order valence-electron chi connectivity index (χ3n) is 2.87. The topological polar surface area (TPSA) is 64.3 Å². The summed E-state index contributed by atoms with van der Waals surface area (Å²) in [4.78, 5) is 11.3. The maximum atomic E-state index is 11.3. The Morgan fingerprint density at radius 2 is 2.05 bits per heavy atom. The first-order valence-corrected chi connectivity index (χ1v) is 6.65. The first-order valence-electron chi connectivity index (χ1n) is 6.65. The molecular formula is C15H24N2O2. The van der Waals surface area contributed by atoms with Crippen LogP contribution in [-0.4, -0.2) is 24.6 Å². The molecule has 0 aliphatic carbocycles. The lowest BCUT2D eigenvalue weighted by Gasteiger charge is -2.18. The van der Waals surface area contributed by atoms with Gasteiger partial charge in [0.05, 0.1) is 12.6 Å². The third-order valence-corrected chi connectivity index (χ3v) is 2.87. The predicted octanol–water partition coefficient (Wildman–Crippen LogP) is 1.92. The fourth-order valence-corrected chi connectivity index (χ4v) is 1.96. The van der Waals surface area contributed by atoms with Crippen molar-refractivity contribution in [2.45, 2.75) is 46.2 Å². The highest BCUT2D eigenvalue weighted by Crippen LogP contribution is 2.18. The number of benzene rings is 1. The Balaban J connectivity index is 2.49. The molecule has 0 fully saturated rings. The van der Waals surface area contributed by atoms with Crippen LogP contribution in [0.25, 0.3) is 0 Å². The van der Waals surface area contributed by atoms with Crippen LogP contribution in [0.5, 0.6) is 5.75 Å². The quantitative estimate of drug-likeness (QED) is 0.791. The summed E-state index contributed by atoms with van der Waals surface area (Å²) in [6, 6.07) is 5.93. The molecule has 4 nitrogen and oxygen atoms in total. The molecule has 1 unspecified atom stereocenters. The number of nitrogens with two attached hydrogens (primary N) is 1. The summed E-state index contributed by atoms with van der Waals surface area (Å²) in [6.45, 7) is 8.51. The Kier molecular flexibility index (Phi) is 5.83. The lowest BCUT2D eigenvalue weighted by Crippen LogP contribution is -2.45. The molecule has 0 spiro atoms. The molecule has 1 rings (SSSR count). The van der Waals surface area contributed by atoms with Crippen molar-refractivity contribution in [3.8, 4) is 5.75 Å². The number of primary amides is 1. The third kappa shape index (κ3) is 5.30. The van der Waals surface area contributed by atoms with Gasteiger partial charge in [-0.1, -0.05) is 31.5 Å². The fraction of sp³-hybridized carbons (Fsp3) is 0.533. The van der Waals surface area contributed by atoms with Gasteiger partial charge in [-0.2, -0.15) is 0 Å². The van der Waals surface area contributed by atoms with E-state index in [1.54, 1.807) is 0 Å². The Morgan fingerprint density at radius 1 is 1.37 bits per heavy atom. The van der Waals surface area contributed by atoms with E-state index in [1.165, 1.54) is 5.56 Å². The molecular weight excluding hydrogens is 240 g/mol. The Labute approximate surface area is 115 Å². The van der Waals surface area contributed by atoms with Crippen LogP contribution in [0.15, 0.2) is 18.2 Å². The van der Waals surface area contributed by atoms with Crippen molar-refractivity contribution >= 4 is 5.91 Å². The highest BCUT2D eigenvalue weighted by molar-refractivity contribution is 5.79. The molecule has 0 bridgehead atoms. The summed E-state index contributed by atoms with van der Waals surface area (Å²) in [6.07, 6.45) is 0.570. The molecule has 0 aliphatic heterocycles. The van der Waals surface area contributed by atoms with E-state index in [4.69, 9.17) is 10.5 Å². The van der Waals surface area contributed by atoms with Crippen LogP contribution in [-0.2, 0) is 4.79 Å². The normalized spacial score (nSPS) is 12.5. The second kappa shape index (κ2) is 7.14. The summed E-state index contributed by atoms with van der Waals surface area (Å²) in [5, 5.41) is 3.13. The van der Waals surface area contributed by atoms with Gasteiger partial charge in [-0.05, 0) is 25.5 Å². The monoisotopic (exact) mass is 264 g/mol. The number of nitrogens with one attached hydrogen (secondary N) is 1. The number of hydrogen-bond acceptors (Lipinski definition) is 3. The lowest BCUT2D eigenvalue weighted by atomic mass is 10.1. The van der Waals surface area contributed by atoms with Gasteiger partial charge in [-0.25, -0.2) is 0 Å². The average molecular weight is 264 g/mol. The average Bonchev–Trinajstić information content (AvgIpc) is 2.29. The van der Waals surface area contributed by atoms with Crippen LogP contribution in [0, 0.1) is 13.8 Å². The van der Waals surface area contributed by atoms with E-state index in [0.29, 0.717) is 13.0 Å². The highest BCUT2D eigenvalue weighted by atomic mass is 16.5. The van der Waals surface area contributed by atoms with E-state index in [2.05, 4.69) is 11.4 Å². The largest absolute Gasteiger partial charge is 0.493 e. The van der Waals surface area contributed by atoms with Crippen LogP contribution in [0.1, 0.15) is 31.4 Å². The molecule has 4 heteroatoms. The van der Waals surface area contributed by atoms with Crippen molar-refractivity contribution in [3.63, 3.8) is 0 Å². The number of hydrogen-bond donors (Lipinski definition) is 2. The molecule has 1 aromatic carbocycles. The van der Waals surface area contributed by atoms with E-state index < -0.39 is 0 Å². The molecule has 1 aromatic rings. The molecule has 0 saturated heterocycles. The first-order chi connectivity index (χ1) is 8.90. The Bertz CT molecular complexity index is 430. The summed E-state index contributed by atoms with van der Waals surface area (Å²) in [5.74, 6) is 0.524. The van der Waals surface area contributed by atoms with E-state index in [0.717, 1.165) is 11.3 Å². The van der Waals surface area contributed by atoms with Crippen LogP contribution in [0.2, 0.25) is 0 Å². The van der Waals surface area contributed by atoms with Crippen molar-refractivity contribution in [1.29, 1.82) is 0 Å². The van der Waals surface area contributed by atoms with Crippen LogP contribution in [0.4, 0.5) is 0 Å². The summed E-state index contributed by atoms with van der Waals surface area (Å²) in [5.41, 5.74) is 7.67. The molecule has 0 aliphatic rings. The maximum absolute atomic E-state index is 11.3. The number of ether oxygens (including phenoxy) is 1. The van der Waals surface area contributed by atoms with Crippen molar-refractivity contribution in [2.75, 3.05) is 6.61 Å². The second-order valence-corrected chi connectivity index (χ2v) is 5.18. The zero-order valence-electron chi connectivity index (χ0n) is 12.2. The molecule has 1 atom stereocenters. The number of aryl methyl sites for hydroxylation is 2. The molecule has 0 saturated carbocycles. The van der Waals surface area contributed by atoms with Gasteiger partial charge in [-0.15, -0.1) is 0 Å². The lowest BCUT2D eigenvalue weighted by molar-refractivity contribution is -0.120. The fourth-order valence-electron chi connectivity index (χ4n) is 1.96. The summed E-state index contributed by atoms with van der Waals surface area (Å²) in [7, 11) is 0. The molecule has 0 aromatic heterocycles. The van der Waals surface area contributed by atoms with Crippen molar-refractivity contribution in [2.24, 2.45) is 5.73 Å². The van der Waals surface area contributed by atoms with Crippen molar-refractivity contribution < 1.29 is 9.53 Å². The summed E-state index contributed by atoms with van der Waals surface area (Å²) >= 11 is 0. The molecule has 3 N–H and O–H groups in total. The zero-order chi connectivity index (χ0) is 14.4. The van der Waals surface area contributed by atoms with Gasteiger partial charge in [0.2, 0.25) is 5.91 Å². The number of amides is 1. The van der Waals surface area contributed by atoms with Gasteiger partial charge in [-0.3, -0.25) is 4.79 Å². The van der Waals surface area contributed by atoms with Gasteiger partial charge < -0.3 is 15.8 Å². The number of carbonyl (C=O) groups excluding carboxylic acids is 1.